The van der Waals surface area contributed by atoms with Crippen LogP contribution in [0.3, 0.4) is 0 Å². The number of aromatic nitrogens is 1. The van der Waals surface area contributed by atoms with Crippen molar-refractivity contribution in [2.75, 3.05) is 11.1 Å². The van der Waals surface area contributed by atoms with Crippen molar-refractivity contribution < 1.29 is 9.21 Å². The normalized spacial score (nSPS) is 10.7. The molecule has 0 aliphatic heterocycles. The van der Waals surface area contributed by atoms with E-state index in [4.69, 9.17) is 21.8 Å². The topological polar surface area (TPSA) is 101 Å². The van der Waals surface area contributed by atoms with Gasteiger partial charge in [0.25, 0.3) is 5.91 Å². The fourth-order valence-electron chi connectivity index (χ4n) is 1.92. The molecule has 0 aliphatic carbocycles. The SMILES string of the molecule is Nc1cc(C(=O)Nc2ccc3oc(=O)[nH]c3c2)ccc1Cl. The zero-order valence-corrected chi connectivity index (χ0v) is 11.4. The Labute approximate surface area is 123 Å². The fraction of sp³-hybridized carbons (Fsp3) is 0. The third-order valence-electron chi connectivity index (χ3n) is 2.94. The molecule has 3 aromatic rings. The van der Waals surface area contributed by atoms with Gasteiger partial charge in [-0.25, -0.2) is 4.79 Å². The van der Waals surface area contributed by atoms with E-state index in [0.29, 0.717) is 33.1 Å². The zero-order chi connectivity index (χ0) is 15.0. The van der Waals surface area contributed by atoms with Crippen LogP contribution in [-0.2, 0) is 0 Å². The molecule has 106 valence electrons. The maximum atomic E-state index is 12.1. The first kappa shape index (κ1) is 13.3. The van der Waals surface area contributed by atoms with E-state index in [2.05, 4.69) is 10.3 Å². The van der Waals surface area contributed by atoms with Gasteiger partial charge in [-0.15, -0.1) is 0 Å². The molecule has 0 bridgehead atoms. The van der Waals surface area contributed by atoms with Crippen molar-refractivity contribution in [2.24, 2.45) is 0 Å². The maximum Gasteiger partial charge on any atom is 0.417 e. The summed E-state index contributed by atoms with van der Waals surface area (Å²) in [7, 11) is 0. The predicted octanol–water partition coefficient (Wildman–Crippen LogP) is 2.61. The van der Waals surface area contributed by atoms with E-state index < -0.39 is 5.76 Å². The standard InChI is InChI=1S/C14H10ClN3O3/c15-9-3-1-7(5-10(9)16)13(19)17-8-2-4-12-11(6-8)18-14(20)21-12/h1-6H,16H2,(H,17,19)(H,18,20). The van der Waals surface area contributed by atoms with Crippen molar-refractivity contribution in [1.29, 1.82) is 0 Å². The largest absolute Gasteiger partial charge is 0.417 e. The van der Waals surface area contributed by atoms with Gasteiger partial charge >= 0.3 is 5.76 Å². The van der Waals surface area contributed by atoms with Crippen molar-refractivity contribution in [3.05, 3.63) is 57.5 Å². The molecule has 0 fully saturated rings. The third-order valence-corrected chi connectivity index (χ3v) is 3.28. The maximum absolute atomic E-state index is 12.1. The number of nitrogens with one attached hydrogen (secondary N) is 2. The van der Waals surface area contributed by atoms with Crippen molar-refractivity contribution in [1.82, 2.24) is 4.98 Å². The van der Waals surface area contributed by atoms with Gasteiger partial charge in [-0.1, -0.05) is 11.6 Å². The molecule has 4 N–H and O–H groups in total. The molecule has 7 heteroatoms. The first-order valence-electron chi connectivity index (χ1n) is 6.02. The van der Waals surface area contributed by atoms with Crippen molar-refractivity contribution >= 4 is 40.0 Å². The number of carbonyl (C=O) groups excluding carboxylic acids is 1. The minimum atomic E-state index is -0.543. The highest BCUT2D eigenvalue weighted by Crippen LogP contribution is 2.21. The Morgan fingerprint density at radius 2 is 2.05 bits per heavy atom. The van der Waals surface area contributed by atoms with Crippen molar-refractivity contribution in [2.45, 2.75) is 0 Å². The van der Waals surface area contributed by atoms with Crippen LogP contribution in [0.1, 0.15) is 10.4 Å². The average molecular weight is 304 g/mol. The Balaban J connectivity index is 1.88. The number of aromatic amines is 1. The molecule has 0 aliphatic rings. The number of oxazole rings is 1. The number of amides is 1. The molecule has 0 radical (unpaired) electrons. The number of nitrogen functional groups attached to an aromatic ring is 1. The summed E-state index contributed by atoms with van der Waals surface area (Å²) in [5, 5.41) is 3.10. The summed E-state index contributed by atoms with van der Waals surface area (Å²) in [6, 6.07) is 9.47. The van der Waals surface area contributed by atoms with E-state index in [0.717, 1.165) is 0 Å². The highest BCUT2D eigenvalue weighted by Gasteiger charge is 2.09. The number of benzene rings is 2. The Kier molecular flexibility index (Phi) is 3.15. The molecule has 0 spiro atoms. The summed E-state index contributed by atoms with van der Waals surface area (Å²) in [4.78, 5) is 25.7. The number of fused-ring (bicyclic) bond motifs is 1. The average Bonchev–Trinajstić information content (AvgIpc) is 2.81. The van der Waals surface area contributed by atoms with Crippen molar-refractivity contribution in [3.63, 3.8) is 0 Å². The van der Waals surface area contributed by atoms with Crippen LogP contribution in [0.25, 0.3) is 11.1 Å². The number of hydrogen-bond acceptors (Lipinski definition) is 4. The lowest BCUT2D eigenvalue weighted by atomic mass is 10.2. The number of hydrogen-bond donors (Lipinski definition) is 3. The second-order valence-corrected chi connectivity index (χ2v) is 4.82. The van der Waals surface area contributed by atoms with Gasteiger partial charge < -0.3 is 15.5 Å². The minimum Gasteiger partial charge on any atom is -0.408 e. The fourth-order valence-corrected chi connectivity index (χ4v) is 2.04. The van der Waals surface area contributed by atoms with Gasteiger partial charge in [0.05, 0.1) is 16.2 Å². The molecule has 2 aromatic carbocycles. The van der Waals surface area contributed by atoms with E-state index >= 15 is 0 Å². The molecule has 0 saturated heterocycles. The molecule has 0 atom stereocenters. The summed E-state index contributed by atoms with van der Waals surface area (Å²) in [6.45, 7) is 0. The van der Waals surface area contributed by atoms with E-state index in [1.807, 2.05) is 0 Å². The highest BCUT2D eigenvalue weighted by molar-refractivity contribution is 6.33. The van der Waals surface area contributed by atoms with Crippen LogP contribution in [-0.4, -0.2) is 10.9 Å². The van der Waals surface area contributed by atoms with E-state index in [9.17, 15) is 9.59 Å². The predicted molar refractivity (Wildman–Crippen MR) is 80.7 cm³/mol. The molecule has 1 aromatic heterocycles. The summed E-state index contributed by atoms with van der Waals surface area (Å²) in [5.74, 6) is -0.873. The minimum absolute atomic E-state index is 0.330. The summed E-state index contributed by atoms with van der Waals surface area (Å²) in [6.07, 6.45) is 0. The second-order valence-electron chi connectivity index (χ2n) is 4.42. The summed E-state index contributed by atoms with van der Waals surface area (Å²) >= 11 is 5.81. The first-order valence-corrected chi connectivity index (χ1v) is 6.40. The van der Waals surface area contributed by atoms with E-state index in [1.165, 1.54) is 6.07 Å². The van der Waals surface area contributed by atoms with Gasteiger partial charge in [0.15, 0.2) is 5.58 Å². The van der Waals surface area contributed by atoms with Gasteiger partial charge in [-0.3, -0.25) is 9.78 Å². The number of anilines is 2. The quantitative estimate of drug-likeness (QED) is 0.633. The Bertz CT molecular complexity index is 898. The number of H-pyrrole nitrogens is 1. The zero-order valence-electron chi connectivity index (χ0n) is 10.6. The third kappa shape index (κ3) is 2.61. The van der Waals surface area contributed by atoms with Gasteiger partial charge in [0.2, 0.25) is 0 Å². The Morgan fingerprint density at radius 3 is 2.81 bits per heavy atom. The second kappa shape index (κ2) is 4.99. The molecule has 1 heterocycles. The van der Waals surface area contributed by atoms with E-state index in [-0.39, 0.29) is 5.91 Å². The lowest BCUT2D eigenvalue weighted by Gasteiger charge is -2.06. The van der Waals surface area contributed by atoms with Crippen LogP contribution < -0.4 is 16.8 Å². The van der Waals surface area contributed by atoms with Crippen LogP contribution in [0.15, 0.2) is 45.6 Å². The van der Waals surface area contributed by atoms with Crippen molar-refractivity contribution in [3.8, 4) is 0 Å². The number of halogens is 1. The number of rotatable bonds is 2. The molecule has 3 rings (SSSR count). The molecular formula is C14H10ClN3O3. The van der Waals surface area contributed by atoms with Gasteiger partial charge in [-0.2, -0.15) is 0 Å². The summed E-state index contributed by atoms with van der Waals surface area (Å²) in [5.41, 5.74) is 7.84. The lowest BCUT2D eigenvalue weighted by Crippen LogP contribution is -2.12. The lowest BCUT2D eigenvalue weighted by molar-refractivity contribution is 0.102. The molecule has 0 saturated carbocycles. The molecule has 0 unspecified atom stereocenters. The molecule has 21 heavy (non-hydrogen) atoms. The molecular weight excluding hydrogens is 294 g/mol. The van der Waals surface area contributed by atoms with Crippen LogP contribution in [0.5, 0.6) is 0 Å². The van der Waals surface area contributed by atoms with Crippen LogP contribution in [0.2, 0.25) is 5.02 Å². The number of nitrogens with two attached hydrogens (primary N) is 1. The Morgan fingerprint density at radius 1 is 1.24 bits per heavy atom. The van der Waals surface area contributed by atoms with Crippen LogP contribution in [0.4, 0.5) is 11.4 Å². The molecule has 6 nitrogen and oxygen atoms in total. The summed E-state index contributed by atoms with van der Waals surface area (Å²) < 4.78 is 4.89. The highest BCUT2D eigenvalue weighted by atomic mass is 35.5. The van der Waals surface area contributed by atoms with E-state index in [1.54, 1.807) is 30.3 Å². The smallest absolute Gasteiger partial charge is 0.408 e. The molecule has 1 amide bonds. The van der Waals surface area contributed by atoms with Gasteiger partial charge in [0.1, 0.15) is 0 Å². The number of carbonyl (C=O) groups is 1. The van der Waals surface area contributed by atoms with Gasteiger partial charge in [-0.05, 0) is 36.4 Å². The Hall–Kier alpha value is -2.73. The monoisotopic (exact) mass is 303 g/mol. The van der Waals surface area contributed by atoms with Crippen LogP contribution >= 0.6 is 11.6 Å². The van der Waals surface area contributed by atoms with Crippen LogP contribution in [0, 0.1) is 0 Å². The van der Waals surface area contributed by atoms with Gasteiger partial charge in [0, 0.05) is 11.3 Å². The first-order chi connectivity index (χ1) is 10.0.